The van der Waals surface area contributed by atoms with E-state index in [0.29, 0.717) is 5.92 Å². The summed E-state index contributed by atoms with van der Waals surface area (Å²) >= 11 is 0. The Morgan fingerprint density at radius 2 is 1.76 bits per heavy atom. The Morgan fingerprint density at radius 1 is 1.16 bits per heavy atom. The van der Waals surface area contributed by atoms with Crippen molar-refractivity contribution in [3.8, 4) is 0 Å². The smallest absolute Gasteiger partial charge is 0.408 e. The summed E-state index contributed by atoms with van der Waals surface area (Å²) in [7, 11) is 0. The standard InChI is InChI=1S/C18H35N3O4/c1-7-13(2)15(12-21-8-10-24-11-9-21)20-16(22)14(3)19-17(23)25-18(4,5)6/h13-15H,7-12H2,1-6H3,(H,19,23)(H,20,22)/t13?,14-,15+/m0/s1. The average Bonchev–Trinajstić information content (AvgIpc) is 2.52. The molecule has 7 heteroatoms. The number of carbonyl (C=O) groups excluding carboxylic acids is 2. The van der Waals surface area contributed by atoms with Gasteiger partial charge in [0.05, 0.1) is 13.2 Å². The van der Waals surface area contributed by atoms with Crippen LogP contribution in [-0.2, 0) is 14.3 Å². The minimum Gasteiger partial charge on any atom is -0.444 e. The number of rotatable bonds is 7. The summed E-state index contributed by atoms with van der Waals surface area (Å²) in [4.78, 5) is 26.6. The fourth-order valence-electron chi connectivity index (χ4n) is 2.57. The zero-order valence-electron chi connectivity index (χ0n) is 16.6. The van der Waals surface area contributed by atoms with E-state index in [1.54, 1.807) is 27.7 Å². The van der Waals surface area contributed by atoms with Crippen LogP contribution in [0.2, 0.25) is 0 Å². The number of hydrogen-bond donors (Lipinski definition) is 2. The number of morpholine rings is 1. The molecular formula is C18H35N3O4. The number of amides is 2. The quantitative estimate of drug-likeness (QED) is 0.726. The first-order chi connectivity index (χ1) is 11.6. The molecule has 2 N–H and O–H groups in total. The van der Waals surface area contributed by atoms with E-state index in [1.165, 1.54) is 0 Å². The molecular weight excluding hydrogens is 322 g/mol. The molecule has 3 atom stereocenters. The molecule has 0 aromatic carbocycles. The molecule has 0 aromatic rings. The SMILES string of the molecule is CCC(C)[C@@H](CN1CCOCC1)NC(=O)[C@H](C)NC(=O)OC(C)(C)C. The van der Waals surface area contributed by atoms with Gasteiger partial charge in [-0.2, -0.15) is 0 Å². The van der Waals surface area contributed by atoms with Gasteiger partial charge in [0, 0.05) is 25.7 Å². The predicted octanol–water partition coefficient (Wildman–Crippen LogP) is 1.76. The maximum absolute atomic E-state index is 12.5. The summed E-state index contributed by atoms with van der Waals surface area (Å²) in [6.07, 6.45) is 0.395. The first kappa shape index (κ1) is 21.7. The van der Waals surface area contributed by atoms with Crippen molar-refractivity contribution in [3.63, 3.8) is 0 Å². The van der Waals surface area contributed by atoms with Crippen molar-refractivity contribution in [3.05, 3.63) is 0 Å². The minimum absolute atomic E-state index is 0.0403. The van der Waals surface area contributed by atoms with Crippen molar-refractivity contribution in [2.45, 2.75) is 65.6 Å². The molecule has 0 aliphatic carbocycles. The molecule has 1 fully saturated rings. The Morgan fingerprint density at radius 3 is 2.28 bits per heavy atom. The van der Waals surface area contributed by atoms with E-state index in [0.717, 1.165) is 39.3 Å². The molecule has 1 aliphatic heterocycles. The van der Waals surface area contributed by atoms with Gasteiger partial charge >= 0.3 is 6.09 Å². The summed E-state index contributed by atoms with van der Waals surface area (Å²) in [6.45, 7) is 15.3. The van der Waals surface area contributed by atoms with Gasteiger partial charge in [-0.05, 0) is 33.6 Å². The topological polar surface area (TPSA) is 79.9 Å². The molecule has 0 radical (unpaired) electrons. The van der Waals surface area contributed by atoms with Gasteiger partial charge in [0.25, 0.3) is 0 Å². The monoisotopic (exact) mass is 357 g/mol. The van der Waals surface area contributed by atoms with Crippen LogP contribution in [-0.4, -0.2) is 67.4 Å². The van der Waals surface area contributed by atoms with Crippen LogP contribution < -0.4 is 10.6 Å². The van der Waals surface area contributed by atoms with E-state index in [9.17, 15) is 9.59 Å². The summed E-state index contributed by atoms with van der Waals surface area (Å²) < 4.78 is 10.6. The number of nitrogens with one attached hydrogen (secondary N) is 2. The fraction of sp³-hybridized carbons (Fsp3) is 0.889. The molecule has 1 saturated heterocycles. The van der Waals surface area contributed by atoms with Crippen LogP contribution in [0.4, 0.5) is 4.79 Å². The molecule has 2 amide bonds. The second kappa shape index (κ2) is 9.97. The van der Waals surface area contributed by atoms with Crippen LogP contribution in [0, 0.1) is 5.92 Å². The van der Waals surface area contributed by atoms with Crippen molar-refractivity contribution in [2.75, 3.05) is 32.8 Å². The third-order valence-electron chi connectivity index (χ3n) is 4.34. The lowest BCUT2D eigenvalue weighted by atomic mass is 9.98. The highest BCUT2D eigenvalue weighted by Crippen LogP contribution is 2.11. The molecule has 1 heterocycles. The van der Waals surface area contributed by atoms with Gasteiger partial charge in [-0.15, -0.1) is 0 Å². The van der Waals surface area contributed by atoms with Gasteiger partial charge in [0.1, 0.15) is 11.6 Å². The van der Waals surface area contributed by atoms with E-state index < -0.39 is 17.7 Å². The van der Waals surface area contributed by atoms with E-state index in [1.807, 2.05) is 0 Å². The van der Waals surface area contributed by atoms with Gasteiger partial charge in [-0.1, -0.05) is 20.3 Å². The molecule has 0 spiro atoms. The van der Waals surface area contributed by atoms with Crippen LogP contribution in [0.5, 0.6) is 0 Å². The molecule has 146 valence electrons. The molecule has 7 nitrogen and oxygen atoms in total. The van der Waals surface area contributed by atoms with E-state index >= 15 is 0 Å². The summed E-state index contributed by atoms with van der Waals surface area (Å²) in [5.74, 6) is 0.157. The molecule has 1 unspecified atom stereocenters. The number of ether oxygens (including phenoxy) is 2. The normalized spacial score (nSPS) is 19.6. The number of hydrogen-bond acceptors (Lipinski definition) is 5. The van der Waals surface area contributed by atoms with Gasteiger partial charge in [-0.25, -0.2) is 4.79 Å². The Labute approximate surface area is 151 Å². The van der Waals surface area contributed by atoms with Gasteiger partial charge in [-0.3, -0.25) is 9.69 Å². The highest BCUT2D eigenvalue weighted by molar-refractivity contribution is 5.85. The Balaban J connectivity index is 2.56. The van der Waals surface area contributed by atoms with E-state index in [4.69, 9.17) is 9.47 Å². The third-order valence-corrected chi connectivity index (χ3v) is 4.34. The molecule has 1 aliphatic rings. The summed E-state index contributed by atoms with van der Waals surface area (Å²) in [5.41, 5.74) is -0.587. The molecule has 1 rings (SSSR count). The maximum Gasteiger partial charge on any atom is 0.408 e. The summed E-state index contributed by atoms with van der Waals surface area (Å²) in [5, 5.41) is 5.69. The molecule has 0 aromatic heterocycles. The Kier molecular flexibility index (Phi) is 8.65. The minimum atomic E-state index is -0.647. The number of alkyl carbamates (subject to hydrolysis) is 1. The van der Waals surface area contributed by atoms with Gasteiger partial charge < -0.3 is 20.1 Å². The van der Waals surface area contributed by atoms with Crippen molar-refractivity contribution in [1.82, 2.24) is 15.5 Å². The first-order valence-corrected chi connectivity index (χ1v) is 9.22. The van der Waals surface area contributed by atoms with Crippen LogP contribution in [0.15, 0.2) is 0 Å². The van der Waals surface area contributed by atoms with Crippen molar-refractivity contribution in [1.29, 1.82) is 0 Å². The summed E-state index contributed by atoms with van der Waals surface area (Å²) in [6, 6.07) is -0.607. The fourth-order valence-corrected chi connectivity index (χ4v) is 2.57. The van der Waals surface area contributed by atoms with Crippen LogP contribution in [0.25, 0.3) is 0 Å². The zero-order valence-corrected chi connectivity index (χ0v) is 16.6. The molecule has 25 heavy (non-hydrogen) atoms. The third kappa shape index (κ3) is 8.54. The highest BCUT2D eigenvalue weighted by Gasteiger charge is 2.26. The zero-order chi connectivity index (χ0) is 19.0. The number of carbonyl (C=O) groups is 2. The predicted molar refractivity (Wildman–Crippen MR) is 97.5 cm³/mol. The second-order valence-electron chi connectivity index (χ2n) is 7.78. The van der Waals surface area contributed by atoms with Gasteiger partial charge in [0.15, 0.2) is 0 Å². The Bertz CT molecular complexity index is 431. The van der Waals surface area contributed by atoms with E-state index in [2.05, 4.69) is 29.4 Å². The van der Waals surface area contributed by atoms with Crippen LogP contribution >= 0.6 is 0 Å². The molecule has 0 saturated carbocycles. The van der Waals surface area contributed by atoms with E-state index in [-0.39, 0.29) is 11.9 Å². The highest BCUT2D eigenvalue weighted by atomic mass is 16.6. The van der Waals surface area contributed by atoms with Crippen molar-refractivity contribution >= 4 is 12.0 Å². The molecule has 0 bridgehead atoms. The second-order valence-corrected chi connectivity index (χ2v) is 7.78. The lowest BCUT2D eigenvalue weighted by molar-refractivity contribution is -0.124. The van der Waals surface area contributed by atoms with Crippen molar-refractivity contribution < 1.29 is 19.1 Å². The van der Waals surface area contributed by atoms with Crippen molar-refractivity contribution in [2.24, 2.45) is 5.92 Å². The first-order valence-electron chi connectivity index (χ1n) is 9.22. The van der Waals surface area contributed by atoms with Crippen LogP contribution in [0.1, 0.15) is 48.0 Å². The number of nitrogens with zero attached hydrogens (tertiary/aromatic N) is 1. The lowest BCUT2D eigenvalue weighted by Crippen LogP contribution is -2.54. The van der Waals surface area contributed by atoms with Crippen LogP contribution in [0.3, 0.4) is 0 Å². The Hall–Kier alpha value is -1.34. The van der Waals surface area contributed by atoms with Gasteiger partial charge in [0.2, 0.25) is 5.91 Å². The lowest BCUT2D eigenvalue weighted by Gasteiger charge is -2.34. The average molecular weight is 357 g/mol. The maximum atomic E-state index is 12.5. The largest absolute Gasteiger partial charge is 0.444 e.